The van der Waals surface area contributed by atoms with Gasteiger partial charge in [0.15, 0.2) is 0 Å². The Hall–Kier alpha value is -1.90. The number of benzene rings is 1. The van der Waals surface area contributed by atoms with Gasteiger partial charge in [-0.2, -0.15) is 0 Å². The van der Waals surface area contributed by atoms with Gasteiger partial charge in [0.1, 0.15) is 5.76 Å². The van der Waals surface area contributed by atoms with Crippen molar-refractivity contribution in [3.8, 4) is 0 Å². The van der Waals surface area contributed by atoms with Crippen molar-refractivity contribution in [2.75, 3.05) is 30.4 Å². The topological polar surface area (TPSA) is 24.5 Å². The average molecular weight is 312 g/mol. The first-order chi connectivity index (χ1) is 11.2. The molecule has 0 amide bonds. The molecule has 1 aromatic rings. The molecule has 3 rings (SSSR count). The highest BCUT2D eigenvalue weighted by atomic mass is 16.5. The Labute approximate surface area is 140 Å². The number of hydrogen-bond donors (Lipinski definition) is 1. The maximum Gasteiger partial charge on any atom is 0.121 e. The van der Waals surface area contributed by atoms with Crippen LogP contribution in [0.15, 0.2) is 37.1 Å². The zero-order valence-electron chi connectivity index (χ0n) is 14.2. The van der Waals surface area contributed by atoms with Gasteiger partial charge in [-0.05, 0) is 49.8 Å². The first-order valence-corrected chi connectivity index (χ1v) is 8.77. The van der Waals surface area contributed by atoms with Crippen LogP contribution in [-0.2, 0) is 4.74 Å². The van der Waals surface area contributed by atoms with Crippen LogP contribution in [0.2, 0.25) is 0 Å². The van der Waals surface area contributed by atoms with Gasteiger partial charge in [-0.15, -0.1) is 0 Å². The summed E-state index contributed by atoms with van der Waals surface area (Å²) in [5.41, 5.74) is 4.59. The second-order valence-corrected chi connectivity index (χ2v) is 6.69. The zero-order valence-corrected chi connectivity index (χ0v) is 14.2. The molecule has 1 aliphatic heterocycles. The molecule has 0 bridgehead atoms. The first kappa shape index (κ1) is 16.0. The van der Waals surface area contributed by atoms with Crippen LogP contribution in [0.25, 0.3) is 5.76 Å². The Kier molecular flexibility index (Phi) is 4.94. The predicted octanol–water partition coefficient (Wildman–Crippen LogP) is 5.02. The van der Waals surface area contributed by atoms with E-state index < -0.39 is 0 Å². The van der Waals surface area contributed by atoms with E-state index in [9.17, 15) is 0 Å². The molecule has 1 heterocycles. The zero-order chi connectivity index (χ0) is 16.2. The van der Waals surface area contributed by atoms with Crippen molar-refractivity contribution in [1.82, 2.24) is 0 Å². The molecule has 1 aliphatic carbocycles. The number of hydrogen-bond acceptors (Lipinski definition) is 3. The summed E-state index contributed by atoms with van der Waals surface area (Å²) in [4.78, 5) is 2.48. The Morgan fingerprint density at radius 1 is 1.13 bits per heavy atom. The molecule has 1 saturated heterocycles. The van der Waals surface area contributed by atoms with Crippen molar-refractivity contribution in [2.24, 2.45) is 5.92 Å². The molecule has 0 unspecified atom stereocenters. The minimum Gasteiger partial charge on any atom is -0.497 e. The second-order valence-electron chi connectivity index (χ2n) is 6.69. The molecule has 3 heteroatoms. The lowest BCUT2D eigenvalue weighted by Gasteiger charge is -2.26. The van der Waals surface area contributed by atoms with Crippen LogP contribution in [0.3, 0.4) is 0 Å². The fourth-order valence-corrected chi connectivity index (χ4v) is 3.25. The Balaban J connectivity index is 1.87. The van der Waals surface area contributed by atoms with Gasteiger partial charge < -0.3 is 15.0 Å². The summed E-state index contributed by atoms with van der Waals surface area (Å²) < 4.78 is 5.41. The van der Waals surface area contributed by atoms with Crippen LogP contribution < -0.4 is 10.2 Å². The number of ether oxygens (including phenoxy) is 1. The number of allylic oxidation sites excluding steroid dienone is 1. The molecule has 2 fully saturated rings. The van der Waals surface area contributed by atoms with Crippen molar-refractivity contribution >= 4 is 17.1 Å². The van der Waals surface area contributed by atoms with E-state index in [-0.39, 0.29) is 0 Å². The number of anilines is 2. The lowest BCUT2D eigenvalue weighted by Crippen LogP contribution is -2.25. The third kappa shape index (κ3) is 3.90. The third-order valence-corrected chi connectivity index (χ3v) is 4.87. The van der Waals surface area contributed by atoms with E-state index in [1.165, 1.54) is 44.2 Å². The van der Waals surface area contributed by atoms with Gasteiger partial charge in [-0.3, -0.25) is 0 Å². The molecule has 3 nitrogen and oxygen atoms in total. The molecule has 1 saturated carbocycles. The van der Waals surface area contributed by atoms with Crippen molar-refractivity contribution in [1.29, 1.82) is 0 Å². The molecule has 124 valence electrons. The van der Waals surface area contributed by atoms with Crippen molar-refractivity contribution in [3.05, 3.63) is 42.6 Å². The van der Waals surface area contributed by atoms with E-state index in [0.29, 0.717) is 5.92 Å². The monoisotopic (exact) mass is 312 g/mol. The number of nitrogens with zero attached hydrogens (tertiary/aromatic N) is 1. The second kappa shape index (κ2) is 7.12. The van der Waals surface area contributed by atoms with Crippen LogP contribution >= 0.6 is 0 Å². The smallest absolute Gasteiger partial charge is 0.121 e. The molecule has 1 aromatic carbocycles. The fourth-order valence-electron chi connectivity index (χ4n) is 3.25. The Morgan fingerprint density at radius 3 is 2.43 bits per heavy atom. The molecule has 2 aliphatic rings. The summed E-state index contributed by atoms with van der Waals surface area (Å²) >= 11 is 0. The van der Waals surface area contributed by atoms with Crippen LogP contribution in [0.4, 0.5) is 11.4 Å². The van der Waals surface area contributed by atoms with E-state index in [1.807, 2.05) is 0 Å². The fraction of sp³-hybridized carbons (Fsp3) is 0.500. The highest BCUT2D eigenvalue weighted by Crippen LogP contribution is 2.37. The van der Waals surface area contributed by atoms with Crippen molar-refractivity contribution in [2.45, 2.75) is 38.5 Å². The molecule has 0 atom stereocenters. The van der Waals surface area contributed by atoms with E-state index in [4.69, 9.17) is 4.74 Å². The van der Waals surface area contributed by atoms with Gasteiger partial charge in [-0.1, -0.05) is 26.0 Å². The van der Waals surface area contributed by atoms with Gasteiger partial charge in [0, 0.05) is 35.7 Å². The number of methoxy groups -OCH3 is 1. The van der Waals surface area contributed by atoms with Gasteiger partial charge in [0.2, 0.25) is 0 Å². The molecular weight excluding hydrogens is 284 g/mol. The normalized spacial score (nSPS) is 18.2. The lowest BCUT2D eigenvalue weighted by atomic mass is 10.1. The quantitative estimate of drug-likeness (QED) is 0.746. The van der Waals surface area contributed by atoms with Gasteiger partial charge in [-0.25, -0.2) is 0 Å². The number of rotatable bonds is 6. The summed E-state index contributed by atoms with van der Waals surface area (Å²) in [7, 11) is 1.69. The van der Waals surface area contributed by atoms with Crippen LogP contribution in [0.1, 0.15) is 44.1 Å². The molecule has 0 radical (unpaired) electrons. The van der Waals surface area contributed by atoms with Gasteiger partial charge in [0.05, 0.1) is 7.11 Å². The van der Waals surface area contributed by atoms with Gasteiger partial charge >= 0.3 is 0 Å². The SMILES string of the molecule is C=C(OC)c1ccc(NC(=C)C2CC2)cc1N1CCCCCC1. The third-order valence-electron chi connectivity index (χ3n) is 4.87. The van der Waals surface area contributed by atoms with Crippen molar-refractivity contribution in [3.63, 3.8) is 0 Å². The summed E-state index contributed by atoms with van der Waals surface area (Å²) in [6, 6.07) is 6.46. The minimum absolute atomic E-state index is 0.658. The van der Waals surface area contributed by atoms with E-state index in [1.54, 1.807) is 7.11 Å². The number of nitrogens with one attached hydrogen (secondary N) is 1. The Morgan fingerprint density at radius 2 is 1.83 bits per heavy atom. The minimum atomic E-state index is 0.658. The highest BCUT2D eigenvalue weighted by Gasteiger charge is 2.25. The van der Waals surface area contributed by atoms with E-state index >= 15 is 0 Å². The van der Waals surface area contributed by atoms with Gasteiger partial charge in [0.25, 0.3) is 0 Å². The maximum atomic E-state index is 5.41. The highest BCUT2D eigenvalue weighted by molar-refractivity contribution is 5.76. The summed E-state index contributed by atoms with van der Waals surface area (Å²) in [5.74, 6) is 1.39. The largest absolute Gasteiger partial charge is 0.497 e. The summed E-state index contributed by atoms with van der Waals surface area (Å²) in [6.07, 6.45) is 7.70. The molecular formula is C20H28N2O. The molecule has 23 heavy (non-hydrogen) atoms. The first-order valence-electron chi connectivity index (χ1n) is 8.77. The maximum absolute atomic E-state index is 5.41. The standard InChI is InChI=1S/C20H28N2O/c1-15(17-8-9-17)21-18-10-11-19(16(2)23-3)20(14-18)22-12-6-4-5-7-13-22/h10-11,14,17,21H,1-2,4-9,12-13H2,3H3. The van der Waals surface area contributed by atoms with E-state index in [0.717, 1.165) is 35.8 Å². The summed E-state index contributed by atoms with van der Waals surface area (Å²) in [6.45, 7) is 10.5. The van der Waals surface area contributed by atoms with Crippen LogP contribution in [-0.4, -0.2) is 20.2 Å². The predicted molar refractivity (Wildman–Crippen MR) is 98.7 cm³/mol. The average Bonchev–Trinajstić information content (AvgIpc) is 3.40. The van der Waals surface area contributed by atoms with Crippen LogP contribution in [0, 0.1) is 5.92 Å². The summed E-state index contributed by atoms with van der Waals surface area (Å²) in [5, 5.41) is 3.49. The van der Waals surface area contributed by atoms with Crippen LogP contribution in [0.5, 0.6) is 0 Å². The van der Waals surface area contributed by atoms with E-state index in [2.05, 4.69) is 41.6 Å². The Bertz CT molecular complexity index is 581. The van der Waals surface area contributed by atoms with Crippen molar-refractivity contribution < 1.29 is 4.74 Å². The lowest BCUT2D eigenvalue weighted by molar-refractivity contribution is 0.371. The molecule has 0 spiro atoms. The molecule has 0 aromatic heterocycles. The molecule has 1 N–H and O–H groups in total.